The van der Waals surface area contributed by atoms with Gasteiger partial charge in [-0.1, -0.05) is 18.2 Å². The zero-order valence-corrected chi connectivity index (χ0v) is 15.5. The molecule has 0 atom stereocenters. The zero-order valence-electron chi connectivity index (χ0n) is 15.5. The molecule has 0 aliphatic heterocycles. The van der Waals surface area contributed by atoms with Crippen LogP contribution in [0.4, 0.5) is 5.69 Å². The fourth-order valence-electron chi connectivity index (χ4n) is 2.95. The average molecular weight is 368 g/mol. The molecular formula is C20H20N2O5. The van der Waals surface area contributed by atoms with Crippen LogP contribution in [0.25, 0.3) is 10.8 Å². The number of fused-ring (bicyclic) bond motifs is 1. The molecule has 0 aliphatic carbocycles. The minimum absolute atomic E-state index is 0.157. The number of aryl methyl sites for hydroxylation is 1. The van der Waals surface area contributed by atoms with Gasteiger partial charge in [0.25, 0.3) is 11.5 Å². The van der Waals surface area contributed by atoms with E-state index >= 15 is 0 Å². The van der Waals surface area contributed by atoms with Crippen LogP contribution in [-0.2, 0) is 7.05 Å². The maximum atomic E-state index is 12.9. The third-order valence-electron chi connectivity index (χ3n) is 4.26. The second-order valence-electron chi connectivity index (χ2n) is 5.87. The third-order valence-corrected chi connectivity index (χ3v) is 4.26. The molecule has 7 nitrogen and oxygen atoms in total. The number of hydrogen-bond acceptors (Lipinski definition) is 5. The monoisotopic (exact) mass is 368 g/mol. The minimum Gasteiger partial charge on any atom is -0.493 e. The van der Waals surface area contributed by atoms with E-state index in [0.29, 0.717) is 39.3 Å². The van der Waals surface area contributed by atoms with Crippen LogP contribution in [-0.4, -0.2) is 31.8 Å². The van der Waals surface area contributed by atoms with Crippen molar-refractivity contribution in [2.75, 3.05) is 26.6 Å². The second-order valence-corrected chi connectivity index (χ2v) is 5.87. The van der Waals surface area contributed by atoms with Gasteiger partial charge in [0.1, 0.15) is 0 Å². The van der Waals surface area contributed by atoms with E-state index in [0.717, 1.165) is 0 Å². The molecule has 1 N–H and O–H groups in total. The Hall–Kier alpha value is -3.48. The summed E-state index contributed by atoms with van der Waals surface area (Å²) in [5.74, 6) is 0.941. The predicted molar refractivity (Wildman–Crippen MR) is 103 cm³/mol. The SMILES string of the molecule is COc1cc(NC(=O)c2cn(C)c(=O)c3ccccc23)cc(OC)c1OC. The third kappa shape index (κ3) is 3.31. The van der Waals surface area contributed by atoms with Gasteiger partial charge in [0.05, 0.1) is 26.9 Å². The summed E-state index contributed by atoms with van der Waals surface area (Å²) in [4.78, 5) is 25.2. The maximum Gasteiger partial charge on any atom is 0.258 e. The van der Waals surface area contributed by atoms with Crippen molar-refractivity contribution in [3.05, 3.63) is 58.5 Å². The summed E-state index contributed by atoms with van der Waals surface area (Å²) in [6, 6.07) is 10.3. The summed E-state index contributed by atoms with van der Waals surface area (Å²) in [7, 11) is 6.13. The van der Waals surface area contributed by atoms with Gasteiger partial charge in [-0.3, -0.25) is 9.59 Å². The van der Waals surface area contributed by atoms with E-state index in [1.807, 2.05) is 0 Å². The van der Waals surface area contributed by atoms with Gasteiger partial charge in [0.15, 0.2) is 11.5 Å². The van der Waals surface area contributed by atoms with Crippen LogP contribution in [0.5, 0.6) is 17.2 Å². The number of rotatable bonds is 5. The number of ether oxygens (including phenoxy) is 3. The lowest BCUT2D eigenvalue weighted by molar-refractivity contribution is 0.102. The fourth-order valence-corrected chi connectivity index (χ4v) is 2.95. The number of amides is 1. The minimum atomic E-state index is -0.351. The van der Waals surface area contributed by atoms with Gasteiger partial charge < -0.3 is 24.1 Å². The van der Waals surface area contributed by atoms with Gasteiger partial charge in [0, 0.05) is 41.8 Å². The molecule has 3 rings (SSSR count). The van der Waals surface area contributed by atoms with E-state index in [1.54, 1.807) is 43.4 Å². The normalized spacial score (nSPS) is 10.5. The number of pyridine rings is 1. The van der Waals surface area contributed by atoms with E-state index < -0.39 is 0 Å². The van der Waals surface area contributed by atoms with Crippen LogP contribution in [0.1, 0.15) is 10.4 Å². The van der Waals surface area contributed by atoms with E-state index in [4.69, 9.17) is 14.2 Å². The van der Waals surface area contributed by atoms with Gasteiger partial charge in [-0.2, -0.15) is 0 Å². The molecule has 2 aromatic carbocycles. The molecule has 0 unspecified atom stereocenters. The van der Waals surface area contributed by atoms with Crippen molar-refractivity contribution in [2.45, 2.75) is 0 Å². The number of methoxy groups -OCH3 is 3. The van der Waals surface area contributed by atoms with Crippen LogP contribution in [0, 0.1) is 0 Å². The Bertz CT molecular complexity index is 1050. The van der Waals surface area contributed by atoms with E-state index in [2.05, 4.69) is 5.32 Å². The number of anilines is 1. The van der Waals surface area contributed by atoms with Crippen molar-refractivity contribution in [3.63, 3.8) is 0 Å². The van der Waals surface area contributed by atoms with Crippen LogP contribution in [0.2, 0.25) is 0 Å². The maximum absolute atomic E-state index is 12.9. The van der Waals surface area contributed by atoms with Crippen molar-refractivity contribution in [2.24, 2.45) is 7.05 Å². The summed E-state index contributed by atoms with van der Waals surface area (Å²) >= 11 is 0. The van der Waals surface area contributed by atoms with Gasteiger partial charge >= 0.3 is 0 Å². The topological polar surface area (TPSA) is 78.8 Å². The van der Waals surface area contributed by atoms with Crippen molar-refractivity contribution in [1.29, 1.82) is 0 Å². The summed E-state index contributed by atoms with van der Waals surface area (Å²) < 4.78 is 17.3. The molecule has 0 saturated heterocycles. The van der Waals surface area contributed by atoms with Gasteiger partial charge in [-0.15, -0.1) is 0 Å². The summed E-state index contributed by atoms with van der Waals surface area (Å²) in [5, 5.41) is 3.90. The van der Waals surface area contributed by atoms with E-state index in [-0.39, 0.29) is 11.5 Å². The Balaban J connectivity index is 2.05. The smallest absolute Gasteiger partial charge is 0.258 e. The number of carbonyl (C=O) groups excluding carboxylic acids is 1. The first-order valence-corrected chi connectivity index (χ1v) is 8.20. The summed E-state index contributed by atoms with van der Waals surface area (Å²) in [5.41, 5.74) is 0.712. The molecule has 1 amide bonds. The number of hydrogen-bond donors (Lipinski definition) is 1. The standard InChI is InChI=1S/C20H20N2O5/c1-22-11-15(13-7-5-6-8-14(13)20(22)24)19(23)21-12-9-16(25-2)18(27-4)17(10-12)26-3/h5-11H,1-4H3,(H,21,23). The van der Waals surface area contributed by atoms with Crippen LogP contribution >= 0.6 is 0 Å². The molecule has 27 heavy (non-hydrogen) atoms. The number of nitrogens with zero attached hydrogens (tertiary/aromatic N) is 1. The van der Waals surface area contributed by atoms with Gasteiger partial charge in [-0.05, 0) is 6.07 Å². The number of nitrogens with one attached hydrogen (secondary N) is 1. The van der Waals surface area contributed by atoms with Crippen LogP contribution in [0.3, 0.4) is 0 Å². The van der Waals surface area contributed by atoms with Crippen molar-refractivity contribution >= 4 is 22.4 Å². The molecule has 3 aromatic rings. The lowest BCUT2D eigenvalue weighted by Crippen LogP contribution is -2.21. The highest BCUT2D eigenvalue weighted by Gasteiger charge is 2.17. The molecule has 1 heterocycles. The lowest BCUT2D eigenvalue weighted by atomic mass is 10.1. The zero-order chi connectivity index (χ0) is 19.6. The molecule has 0 radical (unpaired) electrons. The quantitative estimate of drug-likeness (QED) is 0.749. The Morgan fingerprint density at radius 2 is 1.56 bits per heavy atom. The first kappa shape index (κ1) is 18.3. The predicted octanol–water partition coefficient (Wildman–Crippen LogP) is 2.82. The number of aromatic nitrogens is 1. The van der Waals surface area contributed by atoms with Gasteiger partial charge in [0.2, 0.25) is 5.75 Å². The first-order valence-electron chi connectivity index (χ1n) is 8.20. The molecule has 0 fully saturated rings. The highest BCUT2D eigenvalue weighted by molar-refractivity contribution is 6.12. The van der Waals surface area contributed by atoms with E-state index in [1.165, 1.54) is 32.1 Å². The second kappa shape index (κ2) is 7.41. The molecular weight excluding hydrogens is 348 g/mol. The first-order chi connectivity index (χ1) is 13.0. The van der Waals surface area contributed by atoms with Crippen LogP contribution in [0.15, 0.2) is 47.4 Å². The molecule has 0 spiro atoms. The van der Waals surface area contributed by atoms with Crippen molar-refractivity contribution in [3.8, 4) is 17.2 Å². The Morgan fingerprint density at radius 3 is 2.11 bits per heavy atom. The largest absolute Gasteiger partial charge is 0.493 e. The lowest BCUT2D eigenvalue weighted by Gasteiger charge is -2.15. The number of carbonyl (C=O) groups is 1. The highest BCUT2D eigenvalue weighted by Crippen LogP contribution is 2.40. The Morgan fingerprint density at radius 1 is 0.963 bits per heavy atom. The van der Waals surface area contributed by atoms with Crippen molar-refractivity contribution < 1.29 is 19.0 Å². The van der Waals surface area contributed by atoms with Crippen LogP contribution < -0.4 is 25.1 Å². The number of benzene rings is 2. The molecule has 1 aromatic heterocycles. The molecule has 0 saturated carbocycles. The molecule has 7 heteroatoms. The molecule has 140 valence electrons. The average Bonchev–Trinajstić information content (AvgIpc) is 2.69. The summed E-state index contributed by atoms with van der Waals surface area (Å²) in [6.07, 6.45) is 1.53. The van der Waals surface area contributed by atoms with Gasteiger partial charge in [-0.25, -0.2) is 0 Å². The van der Waals surface area contributed by atoms with E-state index in [9.17, 15) is 9.59 Å². The fraction of sp³-hybridized carbons (Fsp3) is 0.200. The Kier molecular flexibility index (Phi) is 5.03. The highest BCUT2D eigenvalue weighted by atomic mass is 16.5. The molecule has 0 aliphatic rings. The van der Waals surface area contributed by atoms with Crippen molar-refractivity contribution in [1.82, 2.24) is 4.57 Å². The summed E-state index contributed by atoms with van der Waals surface area (Å²) in [6.45, 7) is 0. The molecule has 0 bridgehead atoms. The Labute approximate surface area is 156 Å².